The molecule has 1 heterocycles. The number of carbonyl (C=O) groups is 2. The van der Waals surface area contributed by atoms with Crippen LogP contribution in [0.25, 0.3) is 0 Å². The SMILES string of the molecule is COc1ccc([C@H](C(=O)NC2CCCC2)N(CCc2ccccc2)C(=O)[C@@H]2COc3ccccc3O2)cc1. The van der Waals surface area contributed by atoms with E-state index in [0.717, 1.165) is 36.8 Å². The molecular formula is C31H34N2O5. The molecule has 7 heteroatoms. The molecule has 2 atom stereocenters. The number of hydrogen-bond donors (Lipinski definition) is 1. The maximum atomic E-state index is 14.1. The van der Waals surface area contributed by atoms with Gasteiger partial charge in [-0.3, -0.25) is 9.59 Å². The normalized spacial score (nSPS) is 17.4. The van der Waals surface area contributed by atoms with Gasteiger partial charge >= 0.3 is 0 Å². The molecule has 1 fully saturated rings. The van der Waals surface area contributed by atoms with E-state index >= 15 is 0 Å². The second-order valence-corrected chi connectivity index (χ2v) is 9.80. The summed E-state index contributed by atoms with van der Waals surface area (Å²) in [7, 11) is 1.60. The molecule has 7 nitrogen and oxygen atoms in total. The van der Waals surface area contributed by atoms with Crippen LogP contribution in [0.1, 0.15) is 42.9 Å². The zero-order valence-electron chi connectivity index (χ0n) is 21.7. The minimum Gasteiger partial charge on any atom is -0.497 e. The summed E-state index contributed by atoms with van der Waals surface area (Å²) < 4.78 is 17.3. The van der Waals surface area contributed by atoms with Crippen molar-refractivity contribution in [2.24, 2.45) is 0 Å². The number of fused-ring (bicyclic) bond motifs is 1. The number of nitrogens with one attached hydrogen (secondary N) is 1. The Morgan fingerprint density at radius 2 is 1.63 bits per heavy atom. The Morgan fingerprint density at radius 1 is 0.947 bits per heavy atom. The molecule has 0 unspecified atom stereocenters. The maximum Gasteiger partial charge on any atom is 0.268 e. The molecule has 0 bridgehead atoms. The van der Waals surface area contributed by atoms with E-state index in [1.54, 1.807) is 18.1 Å². The smallest absolute Gasteiger partial charge is 0.268 e. The van der Waals surface area contributed by atoms with Crippen molar-refractivity contribution in [3.8, 4) is 17.2 Å². The lowest BCUT2D eigenvalue weighted by Gasteiger charge is -2.36. The van der Waals surface area contributed by atoms with Crippen LogP contribution in [0.4, 0.5) is 0 Å². The van der Waals surface area contributed by atoms with Gasteiger partial charge in [0.2, 0.25) is 12.0 Å². The van der Waals surface area contributed by atoms with E-state index in [0.29, 0.717) is 30.2 Å². The number of benzene rings is 3. The summed E-state index contributed by atoms with van der Waals surface area (Å²) in [5, 5.41) is 3.22. The van der Waals surface area contributed by atoms with Gasteiger partial charge in [-0.15, -0.1) is 0 Å². The van der Waals surface area contributed by atoms with Gasteiger partial charge in [0.25, 0.3) is 5.91 Å². The van der Waals surface area contributed by atoms with E-state index in [2.05, 4.69) is 5.32 Å². The van der Waals surface area contributed by atoms with Gasteiger partial charge in [0.05, 0.1) is 7.11 Å². The average Bonchev–Trinajstić information content (AvgIpc) is 3.48. The highest BCUT2D eigenvalue weighted by Crippen LogP contribution is 2.33. The molecule has 1 aliphatic carbocycles. The van der Waals surface area contributed by atoms with Crippen LogP contribution in [0.3, 0.4) is 0 Å². The van der Waals surface area contributed by atoms with Gasteiger partial charge in [0.15, 0.2) is 11.5 Å². The standard InChI is InChI=1S/C31H34N2O5/c1-36-25-17-15-23(16-18-25)29(30(34)32-24-11-5-6-12-24)33(20-19-22-9-3-2-4-10-22)31(35)28-21-37-26-13-7-8-14-27(26)38-28/h2-4,7-10,13-18,24,28-29H,5-6,11-12,19-21H2,1H3,(H,32,34)/t28-,29+/m0/s1. The van der Waals surface area contributed by atoms with Crippen molar-refractivity contribution >= 4 is 11.8 Å². The number of amides is 2. The highest BCUT2D eigenvalue weighted by atomic mass is 16.6. The van der Waals surface area contributed by atoms with Gasteiger partial charge < -0.3 is 24.4 Å². The summed E-state index contributed by atoms with van der Waals surface area (Å²) in [5.74, 6) is 1.36. The quantitative estimate of drug-likeness (QED) is 0.448. The Morgan fingerprint density at radius 3 is 2.34 bits per heavy atom. The predicted octanol–water partition coefficient (Wildman–Crippen LogP) is 4.71. The molecule has 5 rings (SSSR count). The molecule has 38 heavy (non-hydrogen) atoms. The Bertz CT molecular complexity index is 1220. The molecule has 2 aliphatic rings. The molecule has 0 spiro atoms. The van der Waals surface area contributed by atoms with Crippen LogP contribution >= 0.6 is 0 Å². The number of carbonyl (C=O) groups excluding carboxylic acids is 2. The summed E-state index contributed by atoms with van der Waals surface area (Å²) >= 11 is 0. The lowest BCUT2D eigenvalue weighted by Crippen LogP contribution is -2.52. The molecule has 0 aromatic heterocycles. The molecular weight excluding hydrogens is 480 g/mol. The molecule has 3 aromatic rings. The van der Waals surface area contributed by atoms with Crippen molar-refractivity contribution in [1.82, 2.24) is 10.2 Å². The third-order valence-corrected chi connectivity index (χ3v) is 7.24. The van der Waals surface area contributed by atoms with Gasteiger partial charge in [-0.05, 0) is 54.7 Å². The lowest BCUT2D eigenvalue weighted by molar-refractivity contribution is -0.148. The fourth-order valence-electron chi connectivity index (χ4n) is 5.20. The Balaban J connectivity index is 1.47. The third kappa shape index (κ3) is 5.93. The highest BCUT2D eigenvalue weighted by molar-refractivity contribution is 5.91. The number of para-hydroxylation sites is 2. The van der Waals surface area contributed by atoms with Gasteiger partial charge in [-0.1, -0.05) is 67.4 Å². The first kappa shape index (κ1) is 25.6. The van der Waals surface area contributed by atoms with Crippen molar-refractivity contribution in [3.05, 3.63) is 90.0 Å². The number of nitrogens with zero attached hydrogens (tertiary/aromatic N) is 1. The van der Waals surface area contributed by atoms with Crippen LogP contribution in [0, 0.1) is 0 Å². The van der Waals surface area contributed by atoms with E-state index in [9.17, 15) is 9.59 Å². The van der Waals surface area contributed by atoms with Gasteiger partial charge in [0.1, 0.15) is 18.4 Å². The van der Waals surface area contributed by atoms with Crippen molar-refractivity contribution in [2.75, 3.05) is 20.3 Å². The van der Waals surface area contributed by atoms with Crippen LogP contribution in [0.5, 0.6) is 17.2 Å². The van der Waals surface area contributed by atoms with Gasteiger partial charge in [-0.2, -0.15) is 0 Å². The molecule has 3 aromatic carbocycles. The van der Waals surface area contributed by atoms with Crippen molar-refractivity contribution < 1.29 is 23.8 Å². The molecule has 0 radical (unpaired) electrons. The van der Waals surface area contributed by atoms with Crippen LogP contribution < -0.4 is 19.5 Å². The second kappa shape index (κ2) is 12.0. The Hall–Kier alpha value is -4.00. The maximum absolute atomic E-state index is 14.1. The summed E-state index contributed by atoms with van der Waals surface area (Å²) in [6, 6.07) is 23.9. The monoisotopic (exact) mass is 514 g/mol. The largest absolute Gasteiger partial charge is 0.497 e. The van der Waals surface area contributed by atoms with Crippen molar-refractivity contribution in [3.63, 3.8) is 0 Å². The number of rotatable bonds is 9. The Kier molecular flexibility index (Phi) is 8.12. The van der Waals surface area contributed by atoms with Crippen LogP contribution in [0.2, 0.25) is 0 Å². The van der Waals surface area contributed by atoms with Crippen molar-refractivity contribution in [1.29, 1.82) is 0 Å². The summed E-state index contributed by atoms with van der Waals surface area (Å²) in [4.78, 5) is 29.7. The number of hydrogen-bond acceptors (Lipinski definition) is 5. The molecule has 1 saturated carbocycles. The zero-order valence-corrected chi connectivity index (χ0v) is 21.7. The van der Waals surface area contributed by atoms with Crippen LogP contribution in [-0.4, -0.2) is 49.1 Å². The summed E-state index contributed by atoms with van der Waals surface area (Å²) in [5.41, 5.74) is 1.81. The summed E-state index contributed by atoms with van der Waals surface area (Å²) in [6.07, 6.45) is 3.84. The fourth-order valence-corrected chi connectivity index (χ4v) is 5.20. The van der Waals surface area contributed by atoms with Crippen molar-refractivity contribution in [2.45, 2.75) is 50.3 Å². The van der Waals surface area contributed by atoms with E-state index in [-0.39, 0.29) is 24.5 Å². The summed E-state index contributed by atoms with van der Waals surface area (Å²) in [6.45, 7) is 0.427. The average molecular weight is 515 g/mol. The lowest BCUT2D eigenvalue weighted by atomic mass is 10.0. The first-order chi connectivity index (χ1) is 18.6. The Labute approximate surface area is 223 Å². The molecule has 198 valence electrons. The van der Waals surface area contributed by atoms with E-state index in [4.69, 9.17) is 14.2 Å². The van der Waals surface area contributed by atoms with E-state index in [1.807, 2.05) is 72.8 Å². The van der Waals surface area contributed by atoms with E-state index in [1.165, 1.54) is 0 Å². The number of ether oxygens (including phenoxy) is 3. The second-order valence-electron chi connectivity index (χ2n) is 9.80. The number of methoxy groups -OCH3 is 1. The molecule has 1 aliphatic heterocycles. The van der Waals surface area contributed by atoms with Crippen LogP contribution in [0.15, 0.2) is 78.9 Å². The first-order valence-corrected chi connectivity index (χ1v) is 13.3. The fraction of sp³-hybridized carbons (Fsp3) is 0.355. The van der Waals surface area contributed by atoms with Crippen LogP contribution in [-0.2, 0) is 16.0 Å². The highest BCUT2D eigenvalue weighted by Gasteiger charge is 2.38. The predicted molar refractivity (Wildman–Crippen MR) is 144 cm³/mol. The third-order valence-electron chi connectivity index (χ3n) is 7.24. The van der Waals surface area contributed by atoms with E-state index < -0.39 is 12.1 Å². The zero-order chi connectivity index (χ0) is 26.3. The molecule has 1 N–H and O–H groups in total. The minimum atomic E-state index is -0.860. The first-order valence-electron chi connectivity index (χ1n) is 13.3. The van der Waals surface area contributed by atoms with Gasteiger partial charge in [0, 0.05) is 12.6 Å². The van der Waals surface area contributed by atoms with Gasteiger partial charge in [-0.25, -0.2) is 0 Å². The minimum absolute atomic E-state index is 0.0806. The molecule has 2 amide bonds. The molecule has 0 saturated heterocycles. The topological polar surface area (TPSA) is 77.1 Å².